The van der Waals surface area contributed by atoms with Crippen LogP contribution in [0.1, 0.15) is 6.42 Å². The van der Waals surface area contributed by atoms with Crippen LogP contribution in [0.5, 0.6) is 0 Å². The molecule has 1 aliphatic heterocycles. The van der Waals surface area contributed by atoms with E-state index in [1.807, 2.05) is 18.2 Å². The average Bonchev–Trinajstić information content (AvgIpc) is 2.61. The van der Waals surface area contributed by atoms with Crippen molar-refractivity contribution < 1.29 is 13.2 Å². The lowest BCUT2D eigenvalue weighted by atomic mass is 10.3. The van der Waals surface area contributed by atoms with Gasteiger partial charge in [-0.15, -0.1) is 0 Å². The van der Waals surface area contributed by atoms with Crippen molar-refractivity contribution in [3.05, 3.63) is 27.8 Å². The molecule has 0 bridgehead atoms. The number of anilines is 1. The van der Waals surface area contributed by atoms with Crippen molar-refractivity contribution in [2.24, 2.45) is 5.14 Å². The van der Waals surface area contributed by atoms with Gasteiger partial charge in [-0.05, 0) is 34.7 Å². The smallest absolute Gasteiger partial charge is 0.228 e. The van der Waals surface area contributed by atoms with E-state index in [1.54, 1.807) is 6.07 Å². The molecule has 0 saturated carbocycles. The topological polar surface area (TPSA) is 80.5 Å². The molecule has 2 N–H and O–H groups in total. The maximum absolute atomic E-state index is 11.8. The Hall–Kier alpha value is -0.670. The number of nitrogens with two attached hydrogens (primary N) is 1. The van der Waals surface area contributed by atoms with E-state index in [2.05, 4.69) is 22.6 Å². The van der Waals surface area contributed by atoms with Gasteiger partial charge in [-0.2, -0.15) is 0 Å². The van der Waals surface area contributed by atoms with Gasteiger partial charge in [0.1, 0.15) is 5.25 Å². The summed E-state index contributed by atoms with van der Waals surface area (Å²) >= 11 is 2.11. The molecule has 1 saturated heterocycles. The molecular weight excluding hydrogens is 355 g/mol. The van der Waals surface area contributed by atoms with E-state index in [0.717, 1.165) is 9.26 Å². The van der Waals surface area contributed by atoms with E-state index in [1.165, 1.54) is 4.90 Å². The largest absolute Gasteiger partial charge is 0.310 e. The van der Waals surface area contributed by atoms with E-state index >= 15 is 0 Å². The highest BCUT2D eigenvalue weighted by atomic mass is 127. The fraction of sp³-hybridized carbons (Fsp3) is 0.300. The molecule has 1 heterocycles. The number of rotatable bonds is 2. The third kappa shape index (κ3) is 2.61. The molecule has 0 aromatic heterocycles. The quantitative estimate of drug-likeness (QED) is 0.782. The van der Waals surface area contributed by atoms with Crippen LogP contribution in [0, 0.1) is 3.57 Å². The van der Waals surface area contributed by atoms with Crippen LogP contribution in [0.15, 0.2) is 24.3 Å². The molecule has 2 rings (SSSR count). The van der Waals surface area contributed by atoms with Gasteiger partial charge in [0.05, 0.1) is 5.69 Å². The molecule has 1 fully saturated rings. The van der Waals surface area contributed by atoms with E-state index in [0.29, 0.717) is 0 Å². The molecule has 5 nitrogen and oxygen atoms in total. The number of sulfonamides is 1. The number of amides is 1. The first-order valence-corrected chi connectivity index (χ1v) is 7.65. The lowest BCUT2D eigenvalue weighted by Gasteiger charge is -2.17. The van der Waals surface area contributed by atoms with E-state index in [9.17, 15) is 13.2 Å². The van der Waals surface area contributed by atoms with Crippen LogP contribution in [0.2, 0.25) is 0 Å². The second-order valence-corrected chi connectivity index (χ2v) is 6.88. The van der Waals surface area contributed by atoms with Crippen LogP contribution < -0.4 is 10.0 Å². The maximum Gasteiger partial charge on any atom is 0.228 e. The van der Waals surface area contributed by atoms with Gasteiger partial charge in [0.15, 0.2) is 0 Å². The van der Waals surface area contributed by atoms with Crippen LogP contribution in [0.4, 0.5) is 5.69 Å². The summed E-state index contributed by atoms with van der Waals surface area (Å²) in [5, 5.41) is 4.27. The number of benzene rings is 1. The molecular formula is C10H11IN2O3S. The monoisotopic (exact) mass is 366 g/mol. The minimum absolute atomic E-state index is 0.0379. The molecule has 92 valence electrons. The maximum atomic E-state index is 11.8. The number of primary sulfonamides is 1. The van der Waals surface area contributed by atoms with Gasteiger partial charge in [0.25, 0.3) is 0 Å². The molecule has 0 aliphatic carbocycles. The normalized spacial score (nSPS) is 20.9. The van der Waals surface area contributed by atoms with Gasteiger partial charge in [0, 0.05) is 16.5 Å². The summed E-state index contributed by atoms with van der Waals surface area (Å²) in [5.41, 5.74) is 0.740. The van der Waals surface area contributed by atoms with Crippen molar-refractivity contribution >= 4 is 44.2 Å². The second kappa shape index (κ2) is 4.54. The van der Waals surface area contributed by atoms with Crippen LogP contribution in [-0.4, -0.2) is 26.1 Å². The first kappa shape index (κ1) is 12.8. The minimum atomic E-state index is -3.65. The Morgan fingerprint density at radius 1 is 1.35 bits per heavy atom. The van der Waals surface area contributed by atoms with E-state index < -0.39 is 15.3 Å². The predicted molar refractivity (Wildman–Crippen MR) is 73.0 cm³/mol. The lowest BCUT2D eigenvalue weighted by molar-refractivity contribution is -0.117. The van der Waals surface area contributed by atoms with Crippen molar-refractivity contribution in [3.8, 4) is 0 Å². The molecule has 17 heavy (non-hydrogen) atoms. The first-order valence-electron chi connectivity index (χ1n) is 4.96. The summed E-state index contributed by atoms with van der Waals surface area (Å²) in [5.74, 6) is -0.201. The Morgan fingerprint density at radius 2 is 2.00 bits per heavy atom. The third-order valence-electron chi connectivity index (χ3n) is 2.70. The summed E-state index contributed by atoms with van der Waals surface area (Å²) < 4.78 is 23.4. The highest BCUT2D eigenvalue weighted by Crippen LogP contribution is 2.28. The van der Waals surface area contributed by atoms with Crippen molar-refractivity contribution in [2.75, 3.05) is 11.4 Å². The predicted octanol–water partition coefficient (Wildman–Crippen LogP) is 0.685. The van der Waals surface area contributed by atoms with Crippen LogP contribution in [0.3, 0.4) is 0 Å². The van der Waals surface area contributed by atoms with Gasteiger partial charge in [-0.25, -0.2) is 13.6 Å². The van der Waals surface area contributed by atoms with Gasteiger partial charge in [-0.1, -0.05) is 12.1 Å². The second-order valence-electron chi connectivity index (χ2n) is 3.87. The number of para-hydroxylation sites is 1. The third-order valence-corrected chi connectivity index (χ3v) is 4.85. The highest BCUT2D eigenvalue weighted by molar-refractivity contribution is 14.1. The standard InChI is InChI=1S/C10H11IN2O3S/c11-8-3-1-2-4-9(8)13-6-7(5-10(13)14)17(12,15)16/h1-4,7H,5-6H2,(H2,12,15,16). The zero-order chi connectivity index (χ0) is 12.6. The fourth-order valence-electron chi connectivity index (χ4n) is 1.80. The van der Waals surface area contributed by atoms with E-state index in [4.69, 9.17) is 5.14 Å². The molecule has 7 heteroatoms. The van der Waals surface area contributed by atoms with Crippen molar-refractivity contribution in [1.82, 2.24) is 0 Å². The lowest BCUT2D eigenvalue weighted by Crippen LogP contribution is -2.32. The summed E-state index contributed by atoms with van der Waals surface area (Å²) in [7, 11) is -3.65. The SMILES string of the molecule is NS(=O)(=O)C1CC(=O)N(c2ccccc2I)C1. The Balaban J connectivity index is 2.31. The Kier molecular flexibility index (Phi) is 3.41. The van der Waals surface area contributed by atoms with Gasteiger partial charge in [0.2, 0.25) is 15.9 Å². The molecule has 0 radical (unpaired) electrons. The number of nitrogens with zero attached hydrogens (tertiary/aromatic N) is 1. The molecule has 1 aromatic carbocycles. The molecule has 0 spiro atoms. The molecule has 1 aliphatic rings. The summed E-state index contributed by atoms with van der Waals surface area (Å²) in [6.45, 7) is 0.137. The van der Waals surface area contributed by atoms with Crippen molar-refractivity contribution in [1.29, 1.82) is 0 Å². The number of hydrogen-bond donors (Lipinski definition) is 1. The number of halogens is 1. The van der Waals surface area contributed by atoms with Gasteiger partial charge in [-0.3, -0.25) is 4.79 Å². The first-order chi connectivity index (χ1) is 7.89. The summed E-state index contributed by atoms with van der Waals surface area (Å²) in [6, 6.07) is 7.34. The van der Waals surface area contributed by atoms with Crippen molar-refractivity contribution in [3.63, 3.8) is 0 Å². The minimum Gasteiger partial charge on any atom is -0.310 e. The number of carbonyl (C=O) groups excluding carboxylic acids is 1. The van der Waals surface area contributed by atoms with Gasteiger partial charge < -0.3 is 4.90 Å². The summed E-state index contributed by atoms with van der Waals surface area (Å²) in [6.07, 6.45) is -0.0379. The van der Waals surface area contributed by atoms with Crippen LogP contribution in [-0.2, 0) is 14.8 Å². The molecule has 1 unspecified atom stereocenters. The molecule has 1 aromatic rings. The van der Waals surface area contributed by atoms with Crippen LogP contribution >= 0.6 is 22.6 Å². The average molecular weight is 366 g/mol. The fourth-order valence-corrected chi connectivity index (χ4v) is 3.21. The van der Waals surface area contributed by atoms with Gasteiger partial charge >= 0.3 is 0 Å². The highest BCUT2D eigenvalue weighted by Gasteiger charge is 2.37. The number of hydrogen-bond acceptors (Lipinski definition) is 3. The van der Waals surface area contributed by atoms with Crippen molar-refractivity contribution in [2.45, 2.75) is 11.7 Å². The Labute approximate surface area is 113 Å². The molecule has 1 amide bonds. The molecule has 1 atom stereocenters. The Morgan fingerprint density at radius 3 is 2.53 bits per heavy atom. The Bertz CT molecular complexity index is 558. The zero-order valence-corrected chi connectivity index (χ0v) is 11.8. The van der Waals surface area contributed by atoms with Crippen LogP contribution in [0.25, 0.3) is 0 Å². The number of carbonyl (C=O) groups is 1. The van der Waals surface area contributed by atoms with E-state index in [-0.39, 0.29) is 18.9 Å². The zero-order valence-electron chi connectivity index (χ0n) is 8.84. The summed E-state index contributed by atoms with van der Waals surface area (Å²) in [4.78, 5) is 13.3.